The first-order valence-corrected chi connectivity index (χ1v) is 13.0. The van der Waals surface area contributed by atoms with E-state index in [9.17, 15) is 4.79 Å². The van der Waals surface area contributed by atoms with E-state index in [1.807, 2.05) is 0 Å². The quantitative estimate of drug-likeness (QED) is 0.120. The van der Waals surface area contributed by atoms with E-state index in [1.165, 1.54) is 135 Å². The molecular weight excluding hydrogens is 384 g/mol. The molecule has 0 aliphatic heterocycles. The number of carbonyl (C=O) groups is 1. The number of unbranched alkanes of at least 4 members (excludes halogenated alkanes) is 22. The minimum atomic E-state index is -0.650. The summed E-state index contributed by atoms with van der Waals surface area (Å²) in [7, 11) is 0. The summed E-state index contributed by atoms with van der Waals surface area (Å²) in [6.07, 6.45) is 32.0. The molecule has 0 spiro atoms. The molecular formula is C26H54CaO2. The zero-order valence-corrected chi connectivity index (χ0v) is 22.2. The van der Waals surface area contributed by atoms with Crippen LogP contribution in [-0.2, 0) is 4.79 Å². The van der Waals surface area contributed by atoms with Crippen molar-refractivity contribution in [2.75, 3.05) is 0 Å². The van der Waals surface area contributed by atoms with Crippen LogP contribution in [0.25, 0.3) is 0 Å². The molecule has 0 aromatic carbocycles. The Bertz CT molecular complexity index is 318. The van der Waals surface area contributed by atoms with E-state index in [-0.39, 0.29) is 40.6 Å². The third kappa shape index (κ3) is 31.0. The van der Waals surface area contributed by atoms with E-state index in [0.29, 0.717) is 6.42 Å². The van der Waals surface area contributed by atoms with Crippen LogP contribution < -0.4 is 0 Å². The molecule has 29 heavy (non-hydrogen) atoms. The van der Waals surface area contributed by atoms with Gasteiger partial charge in [0.05, 0.1) is 0 Å². The normalized spacial score (nSPS) is 10.8. The molecule has 0 heterocycles. The summed E-state index contributed by atoms with van der Waals surface area (Å²) in [4.78, 5) is 10.4. The van der Waals surface area contributed by atoms with Crippen LogP contribution in [-0.4, -0.2) is 48.8 Å². The molecule has 0 aliphatic carbocycles. The van der Waals surface area contributed by atoms with E-state index in [2.05, 4.69) is 6.92 Å². The zero-order valence-electron chi connectivity index (χ0n) is 22.0. The standard InChI is InChI=1S/C26H52O2.Ca.2H/c1-2-3-4-5-6-7-8-9-10-11-12-13-14-15-16-17-18-19-20-21-22-23-24-25-26(27)28;;;/h2-25H2,1H3,(H,27,28);;;/q;+2;2*-1. The predicted molar refractivity (Wildman–Crippen MR) is 132 cm³/mol. The molecule has 0 amide bonds. The first-order valence-electron chi connectivity index (χ1n) is 13.0. The summed E-state index contributed by atoms with van der Waals surface area (Å²) in [6.45, 7) is 2.29. The van der Waals surface area contributed by atoms with Gasteiger partial charge in [-0.1, -0.05) is 148 Å². The van der Waals surface area contributed by atoms with Crippen molar-refractivity contribution in [1.29, 1.82) is 0 Å². The van der Waals surface area contributed by atoms with Gasteiger partial charge >= 0.3 is 43.7 Å². The molecule has 0 saturated heterocycles. The van der Waals surface area contributed by atoms with Crippen LogP contribution in [0.4, 0.5) is 0 Å². The van der Waals surface area contributed by atoms with Gasteiger partial charge in [-0.3, -0.25) is 4.79 Å². The second-order valence-electron chi connectivity index (χ2n) is 8.92. The third-order valence-electron chi connectivity index (χ3n) is 5.99. The molecule has 0 fully saturated rings. The van der Waals surface area contributed by atoms with Crippen LogP contribution >= 0.6 is 0 Å². The average molecular weight is 439 g/mol. The SMILES string of the molecule is CCCCCCCCCCCCCCCCCCCCCCCCCC(=O)O.[Ca+2].[H-].[H-]. The molecule has 0 aromatic heterocycles. The van der Waals surface area contributed by atoms with Crippen molar-refractivity contribution in [3.63, 3.8) is 0 Å². The molecule has 0 unspecified atom stereocenters. The summed E-state index contributed by atoms with van der Waals surface area (Å²) in [5.41, 5.74) is 0. The topological polar surface area (TPSA) is 37.3 Å². The van der Waals surface area contributed by atoms with Gasteiger partial charge in [0.25, 0.3) is 0 Å². The fraction of sp³-hybridized carbons (Fsp3) is 0.962. The molecule has 0 saturated carbocycles. The van der Waals surface area contributed by atoms with Crippen LogP contribution in [0.5, 0.6) is 0 Å². The Hall–Kier alpha value is 0.730. The summed E-state index contributed by atoms with van der Waals surface area (Å²) in [5, 5.41) is 8.59. The van der Waals surface area contributed by atoms with Crippen molar-refractivity contribution < 1.29 is 12.8 Å². The number of carboxylic acids is 1. The number of rotatable bonds is 24. The molecule has 172 valence electrons. The predicted octanol–water partition coefficient (Wildman–Crippen LogP) is 9.30. The van der Waals surface area contributed by atoms with Crippen molar-refractivity contribution in [3.8, 4) is 0 Å². The van der Waals surface area contributed by atoms with Crippen molar-refractivity contribution in [3.05, 3.63) is 0 Å². The maximum absolute atomic E-state index is 10.4. The van der Waals surface area contributed by atoms with Crippen LogP contribution in [0, 0.1) is 0 Å². The van der Waals surface area contributed by atoms with Crippen LogP contribution in [0.1, 0.15) is 164 Å². The molecule has 0 bridgehead atoms. The Morgan fingerprint density at radius 3 is 0.897 bits per heavy atom. The molecule has 1 N–H and O–H groups in total. The number of hydrogen-bond acceptors (Lipinski definition) is 1. The minimum Gasteiger partial charge on any atom is -1.00 e. The van der Waals surface area contributed by atoms with Crippen molar-refractivity contribution in [1.82, 2.24) is 0 Å². The Morgan fingerprint density at radius 1 is 0.483 bits per heavy atom. The second-order valence-corrected chi connectivity index (χ2v) is 8.92. The average Bonchev–Trinajstić information content (AvgIpc) is 2.68. The summed E-state index contributed by atoms with van der Waals surface area (Å²) >= 11 is 0. The molecule has 2 nitrogen and oxygen atoms in total. The van der Waals surface area contributed by atoms with Crippen molar-refractivity contribution >= 4 is 43.7 Å². The van der Waals surface area contributed by atoms with Crippen molar-refractivity contribution in [2.45, 2.75) is 161 Å². The van der Waals surface area contributed by atoms with Gasteiger partial charge in [0.2, 0.25) is 0 Å². The minimum absolute atomic E-state index is 0. The summed E-state index contributed by atoms with van der Waals surface area (Å²) in [6, 6.07) is 0. The Kier molecular flexibility index (Phi) is 31.6. The third-order valence-corrected chi connectivity index (χ3v) is 5.99. The molecule has 0 rings (SSSR count). The molecule has 0 aromatic rings. The first-order chi connectivity index (χ1) is 13.8. The van der Waals surface area contributed by atoms with E-state index >= 15 is 0 Å². The molecule has 3 heteroatoms. The smallest absolute Gasteiger partial charge is 1.00 e. The zero-order chi connectivity index (χ0) is 20.5. The van der Waals surface area contributed by atoms with Crippen LogP contribution in [0.3, 0.4) is 0 Å². The van der Waals surface area contributed by atoms with Crippen LogP contribution in [0.2, 0.25) is 0 Å². The fourth-order valence-electron chi connectivity index (χ4n) is 4.06. The molecule has 0 atom stereocenters. The second kappa shape index (κ2) is 28.7. The largest absolute Gasteiger partial charge is 2.00 e. The Morgan fingerprint density at radius 2 is 0.690 bits per heavy atom. The van der Waals surface area contributed by atoms with E-state index in [1.54, 1.807) is 0 Å². The van der Waals surface area contributed by atoms with E-state index in [4.69, 9.17) is 5.11 Å². The number of carboxylic acid groups (broad SMARTS) is 1. The maximum Gasteiger partial charge on any atom is 2.00 e. The Balaban J connectivity index is -0.00000121. The fourth-order valence-corrected chi connectivity index (χ4v) is 4.06. The van der Waals surface area contributed by atoms with Gasteiger partial charge in [0.1, 0.15) is 0 Å². The first kappa shape index (κ1) is 31.9. The molecule has 0 aliphatic rings. The van der Waals surface area contributed by atoms with Gasteiger partial charge in [-0.05, 0) is 6.42 Å². The Labute approximate surface area is 216 Å². The van der Waals surface area contributed by atoms with Gasteiger partial charge in [-0.25, -0.2) is 0 Å². The maximum atomic E-state index is 10.4. The summed E-state index contributed by atoms with van der Waals surface area (Å²) in [5.74, 6) is -0.650. The van der Waals surface area contributed by atoms with Crippen LogP contribution in [0.15, 0.2) is 0 Å². The molecule has 0 radical (unpaired) electrons. The number of aliphatic carboxylic acids is 1. The van der Waals surface area contributed by atoms with E-state index < -0.39 is 5.97 Å². The van der Waals surface area contributed by atoms with E-state index in [0.717, 1.165) is 12.8 Å². The van der Waals surface area contributed by atoms with Gasteiger partial charge in [-0.2, -0.15) is 0 Å². The van der Waals surface area contributed by atoms with Gasteiger partial charge in [0.15, 0.2) is 0 Å². The monoisotopic (exact) mass is 438 g/mol. The number of hydrogen-bond donors (Lipinski definition) is 1. The van der Waals surface area contributed by atoms with Gasteiger partial charge in [0, 0.05) is 6.42 Å². The van der Waals surface area contributed by atoms with Crippen molar-refractivity contribution in [2.24, 2.45) is 0 Å². The van der Waals surface area contributed by atoms with Gasteiger partial charge < -0.3 is 7.96 Å². The van der Waals surface area contributed by atoms with Gasteiger partial charge in [-0.15, -0.1) is 0 Å². The summed E-state index contributed by atoms with van der Waals surface area (Å²) < 4.78 is 0.